The Labute approximate surface area is 72.3 Å². The molecule has 0 aromatic carbocycles. The maximum Gasteiger partial charge on any atom is 0.183 e. The number of aromatic nitrogens is 1. The minimum atomic E-state index is -0.285. The first-order valence-corrected chi connectivity index (χ1v) is 3.76. The second kappa shape index (κ2) is 4.18. The zero-order valence-corrected chi connectivity index (χ0v) is 7.57. The van der Waals surface area contributed by atoms with Gasteiger partial charge in [0.1, 0.15) is 0 Å². The van der Waals surface area contributed by atoms with Gasteiger partial charge in [-0.3, -0.25) is 4.98 Å². The number of ether oxygens (including phenoxy) is 2. The summed E-state index contributed by atoms with van der Waals surface area (Å²) in [6.07, 6.45) is 1.46. The summed E-state index contributed by atoms with van der Waals surface area (Å²) in [5, 5.41) is 0. The molecule has 0 saturated carbocycles. The summed E-state index contributed by atoms with van der Waals surface area (Å²) >= 11 is 0. The molecule has 0 saturated heterocycles. The lowest BCUT2D eigenvalue weighted by atomic mass is 10.2. The Balaban J connectivity index is 2.85. The normalized spacial score (nSPS) is 10.7. The molecule has 0 bridgehead atoms. The predicted octanol–water partition coefficient (Wildman–Crippen LogP) is 1.68. The molecule has 0 N–H and O–H groups in total. The summed E-state index contributed by atoms with van der Waals surface area (Å²) in [5.41, 5.74) is 1.96. The van der Waals surface area contributed by atoms with Crippen LogP contribution in [0.3, 0.4) is 0 Å². The van der Waals surface area contributed by atoms with E-state index in [1.54, 1.807) is 20.4 Å². The smallest absolute Gasteiger partial charge is 0.183 e. The lowest BCUT2D eigenvalue weighted by Crippen LogP contribution is -2.03. The molecule has 12 heavy (non-hydrogen) atoms. The first-order valence-electron chi connectivity index (χ1n) is 3.76. The fourth-order valence-electron chi connectivity index (χ4n) is 1.08. The Bertz CT molecular complexity index is 246. The van der Waals surface area contributed by atoms with E-state index in [1.165, 1.54) is 0 Å². The number of pyridine rings is 1. The van der Waals surface area contributed by atoms with Crippen LogP contribution in [0.25, 0.3) is 0 Å². The van der Waals surface area contributed by atoms with E-state index in [9.17, 15) is 0 Å². The highest BCUT2D eigenvalue weighted by Crippen LogP contribution is 2.16. The predicted molar refractivity (Wildman–Crippen MR) is 45.7 cm³/mol. The topological polar surface area (TPSA) is 31.4 Å². The van der Waals surface area contributed by atoms with Crippen molar-refractivity contribution in [2.75, 3.05) is 14.2 Å². The number of hydrogen-bond donors (Lipinski definition) is 0. The van der Waals surface area contributed by atoms with Crippen molar-refractivity contribution >= 4 is 0 Å². The molecule has 0 spiro atoms. The number of methoxy groups -OCH3 is 2. The summed E-state index contributed by atoms with van der Waals surface area (Å²) in [5.74, 6) is 0. The molecule has 1 heterocycles. The number of rotatable bonds is 3. The third kappa shape index (κ3) is 2.03. The first kappa shape index (κ1) is 9.16. The Kier molecular flexibility index (Phi) is 3.19. The average molecular weight is 167 g/mol. The molecule has 0 unspecified atom stereocenters. The molecule has 0 fully saturated rings. The summed E-state index contributed by atoms with van der Waals surface area (Å²) < 4.78 is 10.2. The van der Waals surface area contributed by atoms with Gasteiger partial charge in [0.2, 0.25) is 0 Å². The van der Waals surface area contributed by atoms with Crippen molar-refractivity contribution in [2.45, 2.75) is 13.2 Å². The maximum atomic E-state index is 5.09. The largest absolute Gasteiger partial charge is 0.352 e. The fraction of sp³-hybridized carbons (Fsp3) is 0.444. The quantitative estimate of drug-likeness (QED) is 0.642. The molecule has 3 heteroatoms. The molecule has 0 aliphatic rings. The molecule has 0 aliphatic carbocycles. The van der Waals surface area contributed by atoms with Gasteiger partial charge in [-0.15, -0.1) is 0 Å². The van der Waals surface area contributed by atoms with Crippen LogP contribution in [-0.4, -0.2) is 19.2 Å². The van der Waals surface area contributed by atoms with Crippen molar-refractivity contribution in [1.82, 2.24) is 4.98 Å². The van der Waals surface area contributed by atoms with E-state index in [-0.39, 0.29) is 6.29 Å². The van der Waals surface area contributed by atoms with Crippen molar-refractivity contribution in [2.24, 2.45) is 0 Å². The average Bonchev–Trinajstić information content (AvgIpc) is 2.07. The Morgan fingerprint density at radius 2 is 2.00 bits per heavy atom. The van der Waals surface area contributed by atoms with Gasteiger partial charge < -0.3 is 9.47 Å². The molecule has 0 atom stereocenters. The van der Waals surface area contributed by atoms with Crippen LogP contribution in [0, 0.1) is 6.92 Å². The van der Waals surface area contributed by atoms with Crippen LogP contribution in [-0.2, 0) is 9.47 Å². The highest BCUT2D eigenvalue weighted by molar-refractivity contribution is 5.16. The monoisotopic (exact) mass is 167 g/mol. The van der Waals surface area contributed by atoms with Crippen molar-refractivity contribution in [1.29, 1.82) is 0 Å². The molecule has 0 radical (unpaired) electrons. The second-order valence-electron chi connectivity index (χ2n) is 2.53. The van der Waals surface area contributed by atoms with Crippen molar-refractivity contribution < 1.29 is 9.47 Å². The fourth-order valence-corrected chi connectivity index (χ4v) is 1.08. The van der Waals surface area contributed by atoms with E-state index in [0.717, 1.165) is 11.3 Å². The molecule has 1 aromatic heterocycles. The van der Waals surface area contributed by atoms with Gasteiger partial charge in [0, 0.05) is 31.7 Å². The molecular formula is C9H13NO2. The zero-order chi connectivity index (χ0) is 8.97. The highest BCUT2D eigenvalue weighted by atomic mass is 16.7. The van der Waals surface area contributed by atoms with Crippen LogP contribution in [0.5, 0.6) is 0 Å². The summed E-state index contributed by atoms with van der Waals surface area (Å²) in [6.45, 7) is 1.94. The second-order valence-corrected chi connectivity index (χ2v) is 2.53. The number of nitrogens with zero attached hydrogens (tertiary/aromatic N) is 1. The SMILES string of the molecule is COC(OC)c1ccnc(C)c1. The van der Waals surface area contributed by atoms with Gasteiger partial charge in [-0.25, -0.2) is 0 Å². The van der Waals surface area contributed by atoms with Crippen LogP contribution in [0.2, 0.25) is 0 Å². The minimum absolute atomic E-state index is 0.285. The summed E-state index contributed by atoms with van der Waals surface area (Å²) in [6, 6.07) is 3.82. The zero-order valence-electron chi connectivity index (χ0n) is 7.57. The van der Waals surface area contributed by atoms with Crippen LogP contribution in [0.1, 0.15) is 17.5 Å². The van der Waals surface area contributed by atoms with Crippen LogP contribution >= 0.6 is 0 Å². The van der Waals surface area contributed by atoms with Crippen LogP contribution < -0.4 is 0 Å². The van der Waals surface area contributed by atoms with Crippen LogP contribution in [0.15, 0.2) is 18.3 Å². The molecule has 1 aromatic rings. The number of aryl methyl sites for hydroxylation is 1. The van der Waals surface area contributed by atoms with Gasteiger partial charge in [-0.1, -0.05) is 0 Å². The van der Waals surface area contributed by atoms with E-state index < -0.39 is 0 Å². The summed E-state index contributed by atoms with van der Waals surface area (Å²) in [7, 11) is 3.23. The van der Waals surface area contributed by atoms with E-state index >= 15 is 0 Å². The van der Waals surface area contributed by atoms with E-state index in [1.807, 2.05) is 19.1 Å². The minimum Gasteiger partial charge on any atom is -0.352 e. The van der Waals surface area contributed by atoms with Crippen molar-refractivity contribution in [3.63, 3.8) is 0 Å². The maximum absolute atomic E-state index is 5.09. The lowest BCUT2D eigenvalue weighted by molar-refractivity contribution is -0.106. The Morgan fingerprint density at radius 3 is 2.50 bits per heavy atom. The molecule has 66 valence electrons. The highest BCUT2D eigenvalue weighted by Gasteiger charge is 2.07. The van der Waals surface area contributed by atoms with Gasteiger partial charge in [-0.2, -0.15) is 0 Å². The lowest BCUT2D eigenvalue weighted by Gasteiger charge is -2.13. The van der Waals surface area contributed by atoms with Gasteiger partial charge in [-0.05, 0) is 19.1 Å². The van der Waals surface area contributed by atoms with Crippen molar-refractivity contribution in [3.05, 3.63) is 29.6 Å². The molecule has 0 aliphatic heterocycles. The number of hydrogen-bond acceptors (Lipinski definition) is 3. The van der Waals surface area contributed by atoms with E-state index in [2.05, 4.69) is 4.98 Å². The van der Waals surface area contributed by atoms with Crippen molar-refractivity contribution in [3.8, 4) is 0 Å². The van der Waals surface area contributed by atoms with E-state index in [0.29, 0.717) is 0 Å². The van der Waals surface area contributed by atoms with Gasteiger partial charge in [0.15, 0.2) is 6.29 Å². The molecule has 3 nitrogen and oxygen atoms in total. The third-order valence-electron chi connectivity index (χ3n) is 1.62. The summed E-state index contributed by atoms with van der Waals surface area (Å²) in [4.78, 5) is 4.08. The van der Waals surface area contributed by atoms with Crippen LogP contribution in [0.4, 0.5) is 0 Å². The van der Waals surface area contributed by atoms with Gasteiger partial charge in [0.25, 0.3) is 0 Å². The Morgan fingerprint density at radius 1 is 1.33 bits per heavy atom. The van der Waals surface area contributed by atoms with E-state index in [4.69, 9.17) is 9.47 Å². The first-order chi connectivity index (χ1) is 5.77. The molecular weight excluding hydrogens is 154 g/mol. The third-order valence-corrected chi connectivity index (χ3v) is 1.62. The van der Waals surface area contributed by atoms with Gasteiger partial charge >= 0.3 is 0 Å². The van der Waals surface area contributed by atoms with Gasteiger partial charge in [0.05, 0.1) is 0 Å². The molecule has 1 rings (SSSR count). The Hall–Kier alpha value is -0.930. The standard InChI is InChI=1S/C9H13NO2/c1-7-6-8(4-5-10-7)9(11-2)12-3/h4-6,9H,1-3H3. The molecule has 0 amide bonds.